The summed E-state index contributed by atoms with van der Waals surface area (Å²) in [5, 5.41) is 13.9. The second-order valence-electron chi connectivity index (χ2n) is 5.73. The Labute approximate surface area is 109 Å². The molecule has 6 nitrogen and oxygen atoms in total. The summed E-state index contributed by atoms with van der Waals surface area (Å²) in [5.74, 6) is -0.921. The predicted octanol–water partition coefficient (Wildman–Crippen LogP) is 0.737. The highest BCUT2D eigenvalue weighted by molar-refractivity contribution is 5.75. The Hall–Kier alpha value is -1.30. The Bertz CT molecular complexity index is 290. The van der Waals surface area contributed by atoms with E-state index in [1.807, 2.05) is 14.1 Å². The van der Waals surface area contributed by atoms with E-state index in [9.17, 15) is 9.59 Å². The minimum atomic E-state index is -0.921. The van der Waals surface area contributed by atoms with Gasteiger partial charge >= 0.3 is 12.0 Å². The molecule has 1 unspecified atom stereocenters. The van der Waals surface area contributed by atoms with Gasteiger partial charge in [-0.2, -0.15) is 0 Å². The molecule has 0 spiro atoms. The van der Waals surface area contributed by atoms with Crippen LogP contribution >= 0.6 is 0 Å². The number of carboxylic acids is 1. The Morgan fingerprint density at radius 2 is 1.89 bits per heavy atom. The van der Waals surface area contributed by atoms with Crippen LogP contribution in [0.15, 0.2) is 0 Å². The van der Waals surface area contributed by atoms with Crippen molar-refractivity contribution >= 4 is 12.0 Å². The van der Waals surface area contributed by atoms with Crippen LogP contribution in [0.4, 0.5) is 4.79 Å². The van der Waals surface area contributed by atoms with Gasteiger partial charge in [0.15, 0.2) is 0 Å². The van der Waals surface area contributed by atoms with Crippen LogP contribution in [0.3, 0.4) is 0 Å². The molecule has 106 valence electrons. The van der Waals surface area contributed by atoms with Crippen LogP contribution in [0, 0.1) is 5.41 Å². The maximum absolute atomic E-state index is 11.5. The van der Waals surface area contributed by atoms with Gasteiger partial charge in [0.1, 0.15) is 0 Å². The molecule has 3 N–H and O–H groups in total. The summed E-state index contributed by atoms with van der Waals surface area (Å²) in [7, 11) is 3.97. The molecule has 0 aliphatic carbocycles. The van der Waals surface area contributed by atoms with Crippen molar-refractivity contribution in [1.29, 1.82) is 0 Å². The maximum atomic E-state index is 11.5. The van der Waals surface area contributed by atoms with Crippen molar-refractivity contribution in [2.45, 2.75) is 33.2 Å². The van der Waals surface area contributed by atoms with Gasteiger partial charge in [-0.15, -0.1) is 0 Å². The first kappa shape index (κ1) is 16.7. The molecule has 0 aliphatic rings. The number of carbonyl (C=O) groups is 2. The smallest absolute Gasteiger partial charge is 0.315 e. The third-order valence-corrected chi connectivity index (χ3v) is 2.33. The Balaban J connectivity index is 3.99. The summed E-state index contributed by atoms with van der Waals surface area (Å²) >= 11 is 0. The molecule has 0 aromatic carbocycles. The van der Waals surface area contributed by atoms with Crippen molar-refractivity contribution in [3.05, 3.63) is 0 Å². The SMILES string of the molecule is CC(CC(=O)O)NC(=O)NCC(C)(C)CN(C)C. The lowest BCUT2D eigenvalue weighted by Crippen LogP contribution is -2.46. The summed E-state index contributed by atoms with van der Waals surface area (Å²) in [6.45, 7) is 7.19. The van der Waals surface area contributed by atoms with Gasteiger partial charge in [0.05, 0.1) is 6.42 Å². The highest BCUT2D eigenvalue weighted by Crippen LogP contribution is 2.13. The van der Waals surface area contributed by atoms with E-state index in [4.69, 9.17) is 5.11 Å². The topological polar surface area (TPSA) is 81.7 Å². The molecule has 0 heterocycles. The molecule has 1 atom stereocenters. The van der Waals surface area contributed by atoms with Gasteiger partial charge in [-0.05, 0) is 26.4 Å². The number of rotatable bonds is 7. The molecule has 18 heavy (non-hydrogen) atoms. The third kappa shape index (κ3) is 8.81. The molecule has 0 aromatic rings. The maximum Gasteiger partial charge on any atom is 0.315 e. The minimum absolute atomic E-state index is 0.0309. The van der Waals surface area contributed by atoms with Crippen molar-refractivity contribution in [3.63, 3.8) is 0 Å². The molecule has 0 aromatic heterocycles. The lowest BCUT2D eigenvalue weighted by Gasteiger charge is -2.28. The largest absolute Gasteiger partial charge is 0.481 e. The molecule has 6 heteroatoms. The molecule has 0 fully saturated rings. The van der Waals surface area contributed by atoms with Crippen LogP contribution in [0.2, 0.25) is 0 Å². The van der Waals surface area contributed by atoms with Crippen molar-refractivity contribution in [2.24, 2.45) is 5.41 Å². The zero-order valence-electron chi connectivity index (χ0n) is 11.9. The fraction of sp³-hybridized carbons (Fsp3) is 0.833. The zero-order chi connectivity index (χ0) is 14.3. The van der Waals surface area contributed by atoms with Crippen molar-refractivity contribution in [2.75, 3.05) is 27.2 Å². The normalized spacial score (nSPS) is 13.2. The lowest BCUT2D eigenvalue weighted by molar-refractivity contribution is -0.137. The van der Waals surface area contributed by atoms with E-state index in [0.29, 0.717) is 6.54 Å². The van der Waals surface area contributed by atoms with Crippen molar-refractivity contribution < 1.29 is 14.7 Å². The van der Waals surface area contributed by atoms with Gasteiger partial charge in [-0.25, -0.2) is 4.79 Å². The summed E-state index contributed by atoms with van der Waals surface area (Å²) in [5.41, 5.74) is -0.0309. The van der Waals surface area contributed by atoms with E-state index in [-0.39, 0.29) is 23.9 Å². The second-order valence-corrected chi connectivity index (χ2v) is 5.73. The molecule has 0 saturated heterocycles. The van der Waals surface area contributed by atoms with Gasteiger partial charge in [0.25, 0.3) is 0 Å². The molecule has 0 radical (unpaired) electrons. The summed E-state index contributed by atoms with van der Waals surface area (Å²) in [4.78, 5) is 24.1. The molecular weight excluding hydrogens is 234 g/mol. The predicted molar refractivity (Wildman–Crippen MR) is 70.6 cm³/mol. The number of hydrogen-bond donors (Lipinski definition) is 3. The van der Waals surface area contributed by atoms with E-state index in [1.165, 1.54) is 0 Å². The van der Waals surface area contributed by atoms with Crippen molar-refractivity contribution in [3.8, 4) is 0 Å². The van der Waals surface area contributed by atoms with Crippen LogP contribution in [-0.4, -0.2) is 55.2 Å². The monoisotopic (exact) mass is 259 g/mol. The summed E-state index contributed by atoms with van der Waals surface area (Å²) in [6, 6.07) is -0.699. The van der Waals surface area contributed by atoms with Crippen LogP contribution < -0.4 is 10.6 Å². The number of amides is 2. The number of nitrogens with zero attached hydrogens (tertiary/aromatic N) is 1. The summed E-state index contributed by atoms with van der Waals surface area (Å²) < 4.78 is 0. The first-order chi connectivity index (χ1) is 8.12. The van der Waals surface area contributed by atoms with Crippen LogP contribution in [0.1, 0.15) is 27.2 Å². The number of carbonyl (C=O) groups excluding carboxylic acids is 1. The van der Waals surface area contributed by atoms with E-state index < -0.39 is 5.97 Å². The number of nitrogens with one attached hydrogen (secondary N) is 2. The van der Waals surface area contributed by atoms with Crippen molar-refractivity contribution in [1.82, 2.24) is 15.5 Å². The van der Waals surface area contributed by atoms with Gasteiger partial charge in [0, 0.05) is 19.1 Å². The molecule has 2 amide bonds. The first-order valence-electron chi connectivity index (χ1n) is 6.03. The van der Waals surface area contributed by atoms with Crippen LogP contribution in [0.25, 0.3) is 0 Å². The van der Waals surface area contributed by atoms with Gasteiger partial charge < -0.3 is 20.6 Å². The third-order valence-electron chi connectivity index (χ3n) is 2.33. The van der Waals surface area contributed by atoms with Gasteiger partial charge in [-0.3, -0.25) is 4.79 Å². The fourth-order valence-corrected chi connectivity index (χ4v) is 1.82. The van der Waals surface area contributed by atoms with Crippen LogP contribution in [0.5, 0.6) is 0 Å². The standard InChI is InChI=1S/C12H25N3O3/c1-9(6-10(16)17)14-11(18)13-7-12(2,3)8-15(4)5/h9H,6-8H2,1-5H3,(H,16,17)(H2,13,14,18). The Morgan fingerprint density at radius 3 is 2.33 bits per heavy atom. The Morgan fingerprint density at radius 1 is 1.33 bits per heavy atom. The molecule has 0 saturated carbocycles. The number of carboxylic acid groups (broad SMARTS) is 1. The molecule has 0 rings (SSSR count). The highest BCUT2D eigenvalue weighted by Gasteiger charge is 2.20. The zero-order valence-corrected chi connectivity index (χ0v) is 11.9. The fourth-order valence-electron chi connectivity index (χ4n) is 1.82. The van der Waals surface area contributed by atoms with E-state index >= 15 is 0 Å². The lowest BCUT2D eigenvalue weighted by atomic mass is 9.93. The van der Waals surface area contributed by atoms with E-state index in [1.54, 1.807) is 6.92 Å². The van der Waals surface area contributed by atoms with Gasteiger partial charge in [-0.1, -0.05) is 13.8 Å². The quantitative estimate of drug-likeness (QED) is 0.630. The number of aliphatic carboxylic acids is 1. The average molecular weight is 259 g/mol. The van der Waals surface area contributed by atoms with E-state index in [0.717, 1.165) is 6.54 Å². The molecule has 0 bridgehead atoms. The first-order valence-corrected chi connectivity index (χ1v) is 6.03. The second kappa shape index (κ2) is 7.20. The molecule has 0 aliphatic heterocycles. The van der Waals surface area contributed by atoms with Crippen LogP contribution in [-0.2, 0) is 4.79 Å². The number of urea groups is 1. The summed E-state index contributed by atoms with van der Waals surface area (Å²) in [6.07, 6.45) is -0.0749. The van der Waals surface area contributed by atoms with E-state index in [2.05, 4.69) is 29.4 Å². The molecular formula is C12H25N3O3. The minimum Gasteiger partial charge on any atom is -0.481 e. The number of hydrogen-bond acceptors (Lipinski definition) is 3. The highest BCUT2D eigenvalue weighted by atomic mass is 16.4. The van der Waals surface area contributed by atoms with Gasteiger partial charge in [0.2, 0.25) is 0 Å². The Kier molecular flexibility index (Phi) is 6.68. The average Bonchev–Trinajstić information content (AvgIpc) is 2.11.